The number of esters is 1. The van der Waals surface area contributed by atoms with Crippen LogP contribution in [0.5, 0.6) is 11.5 Å². The van der Waals surface area contributed by atoms with Crippen molar-refractivity contribution in [2.45, 2.75) is 19.4 Å². The second kappa shape index (κ2) is 8.06. The van der Waals surface area contributed by atoms with Crippen molar-refractivity contribution in [3.05, 3.63) is 82.9 Å². The summed E-state index contributed by atoms with van der Waals surface area (Å²) >= 11 is 0. The molecule has 34 heavy (non-hydrogen) atoms. The van der Waals surface area contributed by atoms with Crippen molar-refractivity contribution in [1.82, 2.24) is 0 Å². The average molecular weight is 457 g/mol. The molecule has 0 saturated carbocycles. The zero-order valence-electron chi connectivity index (χ0n) is 19.5. The number of carbonyl (C=O) groups is 1. The molecule has 3 aromatic rings. The van der Waals surface area contributed by atoms with Crippen LogP contribution in [0.25, 0.3) is 0 Å². The van der Waals surface area contributed by atoms with E-state index in [2.05, 4.69) is 54.0 Å². The zero-order valence-corrected chi connectivity index (χ0v) is 19.5. The second-order valence-electron chi connectivity index (χ2n) is 8.85. The highest BCUT2D eigenvalue weighted by molar-refractivity contribution is 5.97. The standard InChI is InChI=1S/C28H28N2O4/c1-3-29(4-2)20-9-11-23-26(18-20)33-25-12-10-19(30-13-15-32-16-14-30)17-24(25)28(23)22-8-6-5-7-21(22)27(31)34-28/h5-12,17-18H,3-4,13-16H2,1-2H3. The van der Waals surface area contributed by atoms with Gasteiger partial charge in [-0.15, -0.1) is 0 Å². The molecule has 0 radical (unpaired) electrons. The Morgan fingerprint density at radius 2 is 1.68 bits per heavy atom. The molecule has 6 heteroatoms. The maximum absolute atomic E-state index is 13.1. The van der Waals surface area contributed by atoms with Gasteiger partial charge < -0.3 is 24.0 Å². The number of benzene rings is 3. The molecule has 0 bridgehead atoms. The van der Waals surface area contributed by atoms with Crippen molar-refractivity contribution in [1.29, 1.82) is 0 Å². The van der Waals surface area contributed by atoms with Crippen LogP contribution < -0.4 is 14.5 Å². The van der Waals surface area contributed by atoms with E-state index in [1.165, 1.54) is 0 Å². The summed E-state index contributed by atoms with van der Waals surface area (Å²) in [6.07, 6.45) is 0. The molecule has 3 aliphatic rings. The molecule has 174 valence electrons. The van der Waals surface area contributed by atoms with Crippen molar-refractivity contribution in [2.24, 2.45) is 0 Å². The van der Waals surface area contributed by atoms with E-state index in [1.54, 1.807) is 0 Å². The van der Waals surface area contributed by atoms with Gasteiger partial charge in [-0.3, -0.25) is 0 Å². The molecule has 0 aromatic heterocycles. The van der Waals surface area contributed by atoms with Gasteiger partial charge in [0.2, 0.25) is 0 Å². The number of nitrogens with zero attached hydrogens (tertiary/aromatic N) is 2. The Morgan fingerprint density at radius 1 is 0.882 bits per heavy atom. The van der Waals surface area contributed by atoms with Gasteiger partial charge in [0, 0.05) is 60.3 Å². The summed E-state index contributed by atoms with van der Waals surface area (Å²) in [5.74, 6) is 1.13. The minimum absolute atomic E-state index is 0.306. The smallest absolute Gasteiger partial charge is 0.340 e. The number of hydrogen-bond donors (Lipinski definition) is 0. The molecule has 1 unspecified atom stereocenters. The van der Waals surface area contributed by atoms with Gasteiger partial charge in [-0.2, -0.15) is 0 Å². The average Bonchev–Trinajstić information content (AvgIpc) is 3.18. The van der Waals surface area contributed by atoms with Crippen LogP contribution in [-0.2, 0) is 15.1 Å². The summed E-state index contributed by atoms with van der Waals surface area (Å²) in [6, 6.07) is 20.1. The summed E-state index contributed by atoms with van der Waals surface area (Å²) in [4.78, 5) is 17.7. The van der Waals surface area contributed by atoms with Gasteiger partial charge >= 0.3 is 5.97 Å². The lowest BCUT2D eigenvalue weighted by Gasteiger charge is -2.38. The Hall–Kier alpha value is -3.51. The Kier molecular flexibility index (Phi) is 4.99. The lowest BCUT2D eigenvalue weighted by atomic mass is 9.77. The van der Waals surface area contributed by atoms with E-state index >= 15 is 0 Å². The van der Waals surface area contributed by atoms with E-state index in [4.69, 9.17) is 14.2 Å². The highest BCUT2D eigenvalue weighted by Gasteiger charge is 2.53. The summed E-state index contributed by atoms with van der Waals surface area (Å²) in [7, 11) is 0. The van der Waals surface area contributed by atoms with Gasteiger partial charge in [-0.05, 0) is 50.2 Å². The third kappa shape index (κ3) is 3.02. The number of ether oxygens (including phenoxy) is 3. The topological polar surface area (TPSA) is 51.2 Å². The minimum atomic E-state index is -1.04. The van der Waals surface area contributed by atoms with Gasteiger partial charge in [0.1, 0.15) is 11.5 Å². The molecule has 1 spiro atoms. The predicted molar refractivity (Wildman–Crippen MR) is 131 cm³/mol. The van der Waals surface area contributed by atoms with E-state index in [0.717, 1.165) is 60.0 Å². The Labute approximate surface area is 199 Å². The molecule has 3 aromatic carbocycles. The maximum Gasteiger partial charge on any atom is 0.340 e. The first-order chi connectivity index (χ1) is 16.7. The van der Waals surface area contributed by atoms with Crippen molar-refractivity contribution in [3.8, 4) is 11.5 Å². The minimum Gasteiger partial charge on any atom is -0.456 e. The fraction of sp³-hybridized carbons (Fsp3) is 0.321. The number of rotatable bonds is 4. The molecule has 1 atom stereocenters. The van der Waals surface area contributed by atoms with Crippen LogP contribution in [0.15, 0.2) is 60.7 Å². The fourth-order valence-corrected chi connectivity index (χ4v) is 5.45. The van der Waals surface area contributed by atoms with Crippen LogP contribution in [0.1, 0.15) is 40.9 Å². The van der Waals surface area contributed by atoms with Crippen molar-refractivity contribution in [2.75, 3.05) is 49.2 Å². The molecule has 0 N–H and O–H groups in total. The quantitative estimate of drug-likeness (QED) is 0.519. The van der Waals surface area contributed by atoms with Gasteiger partial charge in [0.05, 0.1) is 18.8 Å². The lowest BCUT2D eigenvalue weighted by molar-refractivity contribution is 0.0224. The first kappa shape index (κ1) is 21.1. The molecule has 0 aliphatic carbocycles. The molecular weight excluding hydrogens is 428 g/mol. The largest absolute Gasteiger partial charge is 0.456 e. The third-order valence-electron chi connectivity index (χ3n) is 7.18. The molecular formula is C28H28N2O4. The van der Waals surface area contributed by atoms with Crippen LogP contribution in [0.2, 0.25) is 0 Å². The molecule has 3 heterocycles. The van der Waals surface area contributed by atoms with Gasteiger partial charge in [-0.25, -0.2) is 4.79 Å². The maximum atomic E-state index is 13.1. The predicted octanol–water partition coefficient (Wildman–Crippen LogP) is 4.94. The second-order valence-corrected chi connectivity index (χ2v) is 8.85. The molecule has 1 fully saturated rings. The SMILES string of the molecule is CCN(CC)c1ccc2c(c1)Oc1ccc(N3CCOCC3)cc1C21OC(=O)c2ccccc21. The molecule has 3 aliphatic heterocycles. The van der Waals surface area contributed by atoms with E-state index in [9.17, 15) is 4.79 Å². The third-order valence-corrected chi connectivity index (χ3v) is 7.18. The highest BCUT2D eigenvalue weighted by atomic mass is 16.6. The zero-order chi connectivity index (χ0) is 23.3. The van der Waals surface area contributed by atoms with E-state index in [1.807, 2.05) is 30.3 Å². The number of morpholine rings is 1. The first-order valence-electron chi connectivity index (χ1n) is 12.0. The van der Waals surface area contributed by atoms with Gasteiger partial charge in [0.25, 0.3) is 0 Å². The van der Waals surface area contributed by atoms with E-state index < -0.39 is 5.60 Å². The number of anilines is 2. The van der Waals surface area contributed by atoms with Crippen LogP contribution in [0, 0.1) is 0 Å². The van der Waals surface area contributed by atoms with Gasteiger partial charge in [-0.1, -0.05) is 18.2 Å². The fourth-order valence-electron chi connectivity index (χ4n) is 5.45. The monoisotopic (exact) mass is 456 g/mol. The van der Waals surface area contributed by atoms with Crippen molar-refractivity contribution >= 4 is 17.3 Å². The lowest BCUT2D eigenvalue weighted by Crippen LogP contribution is -2.37. The van der Waals surface area contributed by atoms with E-state index in [0.29, 0.717) is 24.5 Å². The number of fused-ring (bicyclic) bond motifs is 6. The first-order valence-corrected chi connectivity index (χ1v) is 12.0. The normalized spacial score (nSPS) is 20.3. The number of carbonyl (C=O) groups excluding carboxylic acids is 1. The Bertz CT molecular complexity index is 1260. The van der Waals surface area contributed by atoms with Crippen LogP contribution >= 0.6 is 0 Å². The summed E-state index contributed by atoms with van der Waals surface area (Å²) in [5.41, 5.74) is 4.30. The Morgan fingerprint density at radius 3 is 2.47 bits per heavy atom. The van der Waals surface area contributed by atoms with Crippen molar-refractivity contribution in [3.63, 3.8) is 0 Å². The summed E-state index contributed by atoms with van der Waals surface area (Å²) < 4.78 is 18.4. The van der Waals surface area contributed by atoms with E-state index in [-0.39, 0.29) is 5.97 Å². The summed E-state index contributed by atoms with van der Waals surface area (Å²) in [6.45, 7) is 9.14. The molecule has 0 amide bonds. The summed E-state index contributed by atoms with van der Waals surface area (Å²) in [5, 5.41) is 0. The molecule has 1 saturated heterocycles. The Balaban J connectivity index is 1.57. The van der Waals surface area contributed by atoms with Crippen LogP contribution in [0.3, 0.4) is 0 Å². The highest BCUT2D eigenvalue weighted by Crippen LogP contribution is 2.57. The van der Waals surface area contributed by atoms with Crippen LogP contribution in [0.4, 0.5) is 11.4 Å². The van der Waals surface area contributed by atoms with Gasteiger partial charge in [0.15, 0.2) is 5.60 Å². The van der Waals surface area contributed by atoms with Crippen LogP contribution in [-0.4, -0.2) is 45.4 Å². The number of hydrogen-bond acceptors (Lipinski definition) is 6. The molecule has 6 nitrogen and oxygen atoms in total. The molecule has 6 rings (SSSR count). The van der Waals surface area contributed by atoms with Crippen molar-refractivity contribution < 1.29 is 19.0 Å².